The highest BCUT2D eigenvalue weighted by Gasteiger charge is 2.25. The molecule has 1 saturated heterocycles. The van der Waals surface area contributed by atoms with Crippen LogP contribution >= 0.6 is 0 Å². The molecule has 1 heterocycles. The number of ether oxygens (including phenoxy) is 1. The van der Waals surface area contributed by atoms with Crippen LogP contribution in [0.1, 0.15) is 72.6 Å². The highest BCUT2D eigenvalue weighted by Crippen LogP contribution is 2.23. The summed E-state index contributed by atoms with van der Waals surface area (Å²) in [6.07, 6.45) is 8.44. The van der Waals surface area contributed by atoms with Gasteiger partial charge >= 0.3 is 0 Å². The molecule has 0 bridgehead atoms. The Labute approximate surface area is 178 Å². The molecule has 1 aromatic carbocycles. The number of nitrogens with one attached hydrogen (secondary N) is 1. The van der Waals surface area contributed by atoms with Gasteiger partial charge in [-0.25, -0.2) is 4.99 Å². The van der Waals surface area contributed by atoms with Gasteiger partial charge in [-0.1, -0.05) is 40.5 Å². The van der Waals surface area contributed by atoms with E-state index in [1.54, 1.807) is 0 Å². The third-order valence-electron chi connectivity index (χ3n) is 5.74. The van der Waals surface area contributed by atoms with Gasteiger partial charge in [0.25, 0.3) is 0 Å². The molecule has 0 radical (unpaired) electrons. The lowest BCUT2D eigenvalue weighted by Gasteiger charge is -2.38. The molecule has 0 saturated carbocycles. The van der Waals surface area contributed by atoms with Crippen LogP contribution in [-0.2, 0) is 0 Å². The minimum absolute atomic E-state index is 0.0362. The second-order valence-corrected chi connectivity index (χ2v) is 8.96. The van der Waals surface area contributed by atoms with E-state index in [2.05, 4.69) is 50.0 Å². The highest BCUT2D eigenvalue weighted by atomic mass is 16.5. The number of aliphatic imine (C=N–C) groups is 1. The van der Waals surface area contributed by atoms with Gasteiger partial charge in [-0.15, -0.1) is 0 Å². The molecule has 2 rings (SSSR count). The number of piperidine rings is 1. The lowest BCUT2D eigenvalue weighted by molar-refractivity contribution is 0.225. The Morgan fingerprint density at radius 1 is 1.21 bits per heavy atom. The van der Waals surface area contributed by atoms with Gasteiger partial charge in [-0.05, 0) is 68.3 Å². The first-order valence-electron chi connectivity index (χ1n) is 11.5. The zero-order valence-corrected chi connectivity index (χ0v) is 19.0. The number of likely N-dealkylation sites (tertiary alicyclic amines) is 1. The fraction of sp³-hybridized carbons (Fsp3) is 0.708. The molecule has 0 aliphatic carbocycles. The molecule has 29 heavy (non-hydrogen) atoms. The van der Waals surface area contributed by atoms with Crippen LogP contribution < -0.4 is 15.8 Å². The van der Waals surface area contributed by atoms with E-state index in [0.717, 1.165) is 49.9 Å². The predicted octanol–water partition coefficient (Wildman–Crippen LogP) is 5.08. The summed E-state index contributed by atoms with van der Waals surface area (Å²) in [6, 6.07) is 8.71. The standard InChI is InChI=1S/C24H42N4O/c1-5-7-10-17-29-22-14-12-20(13-15-22)27-23(26-19-24(3,4)18-25)28-16-9-8-11-21(28)6-2/h12-15,21H,5-11,16-19,25H2,1-4H3,(H,26,27). The SMILES string of the molecule is CCCCCOc1ccc(/N=C(/NCC(C)(C)CN)N2CCCCC2CC)cc1. The van der Waals surface area contributed by atoms with Crippen LogP contribution in [-0.4, -0.2) is 43.1 Å². The maximum Gasteiger partial charge on any atom is 0.199 e. The Hall–Kier alpha value is -1.75. The van der Waals surface area contributed by atoms with Crippen LogP contribution in [0.5, 0.6) is 5.75 Å². The van der Waals surface area contributed by atoms with E-state index in [1.807, 2.05) is 12.1 Å². The normalized spacial score (nSPS) is 18.0. The van der Waals surface area contributed by atoms with Gasteiger partial charge in [-0.2, -0.15) is 0 Å². The zero-order chi connectivity index (χ0) is 21.1. The van der Waals surface area contributed by atoms with Gasteiger partial charge in [0, 0.05) is 19.1 Å². The first-order valence-corrected chi connectivity index (χ1v) is 11.5. The van der Waals surface area contributed by atoms with Crippen LogP contribution in [0.15, 0.2) is 29.3 Å². The van der Waals surface area contributed by atoms with Crippen molar-refractivity contribution >= 4 is 11.6 Å². The van der Waals surface area contributed by atoms with Crippen molar-refractivity contribution < 1.29 is 4.74 Å². The summed E-state index contributed by atoms with van der Waals surface area (Å²) in [4.78, 5) is 7.47. The van der Waals surface area contributed by atoms with Crippen molar-refractivity contribution in [2.45, 2.75) is 78.7 Å². The summed E-state index contributed by atoms with van der Waals surface area (Å²) in [5.74, 6) is 1.90. The Bertz CT molecular complexity index is 612. The Morgan fingerprint density at radius 2 is 1.97 bits per heavy atom. The van der Waals surface area contributed by atoms with E-state index in [1.165, 1.54) is 32.1 Å². The fourth-order valence-corrected chi connectivity index (χ4v) is 3.58. The monoisotopic (exact) mass is 402 g/mol. The minimum atomic E-state index is 0.0362. The summed E-state index contributed by atoms with van der Waals surface area (Å²) in [5.41, 5.74) is 6.94. The molecular weight excluding hydrogens is 360 g/mol. The first-order chi connectivity index (χ1) is 14.0. The maximum atomic E-state index is 5.95. The topological polar surface area (TPSA) is 62.9 Å². The van der Waals surface area contributed by atoms with E-state index in [0.29, 0.717) is 12.6 Å². The van der Waals surface area contributed by atoms with E-state index < -0.39 is 0 Å². The van der Waals surface area contributed by atoms with E-state index in [-0.39, 0.29) is 5.41 Å². The molecule has 0 aromatic heterocycles. The van der Waals surface area contributed by atoms with Crippen molar-refractivity contribution in [1.82, 2.24) is 10.2 Å². The van der Waals surface area contributed by atoms with Crippen LogP contribution in [0.4, 0.5) is 5.69 Å². The van der Waals surface area contributed by atoms with Crippen molar-refractivity contribution in [1.29, 1.82) is 0 Å². The molecule has 5 heteroatoms. The molecule has 1 atom stereocenters. The third-order valence-corrected chi connectivity index (χ3v) is 5.74. The summed E-state index contributed by atoms with van der Waals surface area (Å²) in [5, 5.41) is 3.62. The molecule has 1 aliphatic rings. The van der Waals surface area contributed by atoms with Gasteiger partial charge in [0.2, 0.25) is 0 Å². The fourth-order valence-electron chi connectivity index (χ4n) is 3.58. The maximum absolute atomic E-state index is 5.95. The number of nitrogens with two attached hydrogens (primary N) is 1. The summed E-state index contributed by atoms with van der Waals surface area (Å²) in [6.45, 7) is 12.2. The van der Waals surface area contributed by atoms with Crippen LogP contribution in [0.25, 0.3) is 0 Å². The van der Waals surface area contributed by atoms with Crippen molar-refractivity contribution in [2.24, 2.45) is 16.1 Å². The van der Waals surface area contributed by atoms with Crippen molar-refractivity contribution in [3.8, 4) is 5.75 Å². The highest BCUT2D eigenvalue weighted by molar-refractivity contribution is 5.83. The van der Waals surface area contributed by atoms with Gasteiger partial charge in [-0.3, -0.25) is 0 Å². The molecular formula is C24H42N4O. The Balaban J connectivity index is 2.12. The molecule has 1 aliphatic heterocycles. The summed E-state index contributed by atoms with van der Waals surface area (Å²) < 4.78 is 5.84. The number of benzene rings is 1. The molecule has 0 spiro atoms. The van der Waals surface area contributed by atoms with Gasteiger partial charge in [0.1, 0.15) is 5.75 Å². The quantitative estimate of drug-likeness (QED) is 0.325. The second-order valence-electron chi connectivity index (χ2n) is 8.96. The van der Waals surface area contributed by atoms with Gasteiger partial charge in [0.15, 0.2) is 5.96 Å². The largest absolute Gasteiger partial charge is 0.494 e. The lowest BCUT2D eigenvalue weighted by atomic mass is 9.94. The molecule has 1 fully saturated rings. The Kier molecular flexibility index (Phi) is 9.79. The number of hydrogen-bond acceptors (Lipinski definition) is 3. The number of guanidine groups is 1. The van der Waals surface area contributed by atoms with E-state index >= 15 is 0 Å². The van der Waals surface area contributed by atoms with Gasteiger partial charge < -0.3 is 20.7 Å². The molecule has 0 amide bonds. The molecule has 164 valence electrons. The van der Waals surface area contributed by atoms with E-state index in [9.17, 15) is 0 Å². The van der Waals surface area contributed by atoms with Crippen LogP contribution in [0, 0.1) is 5.41 Å². The molecule has 1 aromatic rings. The number of rotatable bonds is 10. The number of hydrogen-bond donors (Lipinski definition) is 2. The first kappa shape index (κ1) is 23.5. The Morgan fingerprint density at radius 3 is 2.62 bits per heavy atom. The van der Waals surface area contributed by atoms with Crippen LogP contribution in [0.3, 0.4) is 0 Å². The van der Waals surface area contributed by atoms with Crippen molar-refractivity contribution in [3.63, 3.8) is 0 Å². The zero-order valence-electron chi connectivity index (χ0n) is 19.0. The molecule has 5 nitrogen and oxygen atoms in total. The molecule has 3 N–H and O–H groups in total. The summed E-state index contributed by atoms with van der Waals surface area (Å²) in [7, 11) is 0. The average Bonchev–Trinajstić information content (AvgIpc) is 2.75. The third kappa shape index (κ3) is 7.88. The molecule has 1 unspecified atom stereocenters. The van der Waals surface area contributed by atoms with Crippen molar-refractivity contribution in [3.05, 3.63) is 24.3 Å². The number of nitrogens with zero attached hydrogens (tertiary/aromatic N) is 2. The average molecular weight is 403 g/mol. The lowest BCUT2D eigenvalue weighted by Crippen LogP contribution is -2.51. The number of unbranched alkanes of at least 4 members (excludes halogenated alkanes) is 2. The second kappa shape index (κ2) is 12.1. The van der Waals surface area contributed by atoms with Gasteiger partial charge in [0.05, 0.1) is 12.3 Å². The predicted molar refractivity (Wildman–Crippen MR) is 124 cm³/mol. The summed E-state index contributed by atoms with van der Waals surface area (Å²) >= 11 is 0. The minimum Gasteiger partial charge on any atom is -0.494 e. The smallest absolute Gasteiger partial charge is 0.199 e. The van der Waals surface area contributed by atoms with E-state index in [4.69, 9.17) is 15.5 Å². The van der Waals surface area contributed by atoms with Crippen molar-refractivity contribution in [2.75, 3.05) is 26.2 Å². The van der Waals surface area contributed by atoms with Crippen LogP contribution in [0.2, 0.25) is 0 Å².